The van der Waals surface area contributed by atoms with Gasteiger partial charge >= 0.3 is 0 Å². The van der Waals surface area contributed by atoms with E-state index in [-0.39, 0.29) is 11.9 Å². The molecule has 2 aromatic carbocycles. The van der Waals surface area contributed by atoms with Gasteiger partial charge in [0.25, 0.3) is 0 Å². The van der Waals surface area contributed by atoms with Gasteiger partial charge in [-0.1, -0.05) is 23.7 Å². The fraction of sp³-hybridized carbons (Fsp3) is 0.414. The van der Waals surface area contributed by atoms with E-state index in [1.165, 1.54) is 18.1 Å². The van der Waals surface area contributed by atoms with Crippen LogP contribution in [0.1, 0.15) is 31.2 Å². The standard InChI is InChI=1S/C29H35ClN8O4S/c1-20(18-38-19-33-35-36-38)42-27-14-23(4-6-25(27)30)24-16-31-29(32-17-24)34-26-7-5-22(15-28(26)41-2)21-8-10-37(11-9-21)12-13-43(3,39)40/h4-7,14-17,19-21H,8-13,18H2,1-3H3,(H,31,32,34)/t20-/m0/s1. The average Bonchev–Trinajstić information content (AvgIpc) is 3.51. The molecule has 43 heavy (non-hydrogen) atoms. The number of hydrogen-bond acceptors (Lipinski definition) is 11. The molecule has 1 saturated heterocycles. The van der Waals surface area contributed by atoms with Crippen molar-refractivity contribution >= 4 is 33.1 Å². The van der Waals surface area contributed by atoms with Crippen LogP contribution in [0.15, 0.2) is 55.1 Å². The van der Waals surface area contributed by atoms with Crippen LogP contribution in [0.5, 0.6) is 11.5 Å². The molecule has 0 radical (unpaired) electrons. The molecular weight excluding hydrogens is 592 g/mol. The van der Waals surface area contributed by atoms with Crippen molar-refractivity contribution in [3.63, 3.8) is 0 Å². The number of methoxy groups -OCH3 is 1. The second kappa shape index (κ2) is 13.7. The Kier molecular flexibility index (Phi) is 9.73. The summed E-state index contributed by atoms with van der Waals surface area (Å²) < 4.78 is 36.3. The van der Waals surface area contributed by atoms with Crippen LogP contribution in [0, 0.1) is 0 Å². The third-order valence-corrected chi connectivity index (χ3v) is 8.63. The van der Waals surface area contributed by atoms with Gasteiger partial charge in [-0.05, 0) is 84.6 Å². The molecule has 0 unspecified atom stereocenters. The second-order valence-electron chi connectivity index (χ2n) is 10.7. The number of aromatic nitrogens is 6. The number of ether oxygens (including phenoxy) is 2. The van der Waals surface area contributed by atoms with Gasteiger partial charge in [0.15, 0.2) is 0 Å². The number of hydrogen-bond donors (Lipinski definition) is 1. The average molecular weight is 627 g/mol. The summed E-state index contributed by atoms with van der Waals surface area (Å²) in [5.74, 6) is 2.29. The van der Waals surface area contributed by atoms with Gasteiger partial charge in [0, 0.05) is 30.8 Å². The van der Waals surface area contributed by atoms with Gasteiger partial charge in [-0.15, -0.1) is 5.10 Å². The first-order valence-corrected chi connectivity index (χ1v) is 16.4. The van der Waals surface area contributed by atoms with E-state index in [9.17, 15) is 8.42 Å². The van der Waals surface area contributed by atoms with Gasteiger partial charge in [-0.2, -0.15) is 0 Å². The molecule has 0 bridgehead atoms. The van der Waals surface area contributed by atoms with Crippen molar-refractivity contribution in [2.75, 3.05) is 44.1 Å². The summed E-state index contributed by atoms with van der Waals surface area (Å²) in [6.45, 7) is 4.75. The molecule has 0 spiro atoms. The van der Waals surface area contributed by atoms with Crippen LogP contribution in [0.4, 0.5) is 11.6 Å². The summed E-state index contributed by atoms with van der Waals surface area (Å²) in [6, 6.07) is 11.7. The van der Waals surface area contributed by atoms with E-state index in [1.54, 1.807) is 30.3 Å². The molecule has 1 fully saturated rings. The summed E-state index contributed by atoms with van der Waals surface area (Å²) in [7, 11) is -1.31. The minimum atomic E-state index is -2.95. The largest absolute Gasteiger partial charge is 0.495 e. The summed E-state index contributed by atoms with van der Waals surface area (Å²) in [6.07, 6.45) is 8.04. The SMILES string of the molecule is COc1cc(C2CCN(CCS(C)(=O)=O)CC2)ccc1Nc1ncc(-c2ccc(Cl)c(O[C@@H](C)Cn3cnnn3)c2)cn1. The topological polar surface area (TPSA) is 137 Å². The molecule has 0 saturated carbocycles. The van der Waals surface area contributed by atoms with Crippen molar-refractivity contribution in [3.05, 3.63) is 65.7 Å². The van der Waals surface area contributed by atoms with Gasteiger partial charge in [0.1, 0.15) is 33.8 Å². The minimum Gasteiger partial charge on any atom is -0.495 e. The Labute approximate surface area is 256 Å². The van der Waals surface area contributed by atoms with Crippen molar-refractivity contribution in [2.24, 2.45) is 0 Å². The molecular formula is C29H35ClN8O4S. The summed E-state index contributed by atoms with van der Waals surface area (Å²) in [4.78, 5) is 11.3. The zero-order valence-corrected chi connectivity index (χ0v) is 25.9. The van der Waals surface area contributed by atoms with Gasteiger partial charge in [0.2, 0.25) is 5.95 Å². The van der Waals surface area contributed by atoms with Crippen molar-refractivity contribution in [2.45, 2.75) is 38.3 Å². The van der Waals surface area contributed by atoms with E-state index < -0.39 is 9.84 Å². The van der Waals surface area contributed by atoms with E-state index in [0.717, 1.165) is 42.7 Å². The first kappa shape index (κ1) is 30.6. The number of nitrogens with zero attached hydrogens (tertiary/aromatic N) is 7. The maximum absolute atomic E-state index is 11.5. The lowest BCUT2D eigenvalue weighted by molar-refractivity contribution is 0.193. The lowest BCUT2D eigenvalue weighted by Gasteiger charge is -2.32. The Hall–Kier alpha value is -3.81. The maximum atomic E-state index is 11.5. The van der Waals surface area contributed by atoms with Crippen LogP contribution >= 0.6 is 11.6 Å². The Balaban J connectivity index is 1.21. The van der Waals surface area contributed by atoms with Crippen LogP contribution in [0.25, 0.3) is 11.1 Å². The Morgan fingerprint density at radius 3 is 2.51 bits per heavy atom. The number of benzene rings is 2. The maximum Gasteiger partial charge on any atom is 0.227 e. The fourth-order valence-corrected chi connectivity index (χ4v) is 5.82. The van der Waals surface area contributed by atoms with Gasteiger partial charge in [0.05, 0.1) is 30.1 Å². The number of likely N-dealkylation sites (tertiary alicyclic amines) is 1. The van der Waals surface area contributed by atoms with Gasteiger partial charge in [-0.25, -0.2) is 23.1 Å². The zero-order valence-electron chi connectivity index (χ0n) is 24.4. The monoisotopic (exact) mass is 626 g/mol. The lowest BCUT2D eigenvalue weighted by atomic mass is 9.89. The summed E-state index contributed by atoms with van der Waals surface area (Å²) >= 11 is 6.40. The van der Waals surface area contributed by atoms with Crippen LogP contribution in [-0.2, 0) is 16.4 Å². The molecule has 12 nitrogen and oxygen atoms in total. The first-order valence-electron chi connectivity index (χ1n) is 14.0. The number of tetrazole rings is 1. The molecule has 1 aliphatic heterocycles. The lowest BCUT2D eigenvalue weighted by Crippen LogP contribution is -2.36. The second-order valence-corrected chi connectivity index (χ2v) is 13.4. The third kappa shape index (κ3) is 8.39. The highest BCUT2D eigenvalue weighted by Gasteiger charge is 2.22. The Morgan fingerprint density at radius 1 is 1.07 bits per heavy atom. The molecule has 5 rings (SSSR count). The van der Waals surface area contributed by atoms with E-state index >= 15 is 0 Å². The third-order valence-electron chi connectivity index (χ3n) is 7.39. The zero-order chi connectivity index (χ0) is 30.4. The van der Waals surface area contributed by atoms with Gasteiger partial charge in [-0.3, -0.25) is 0 Å². The van der Waals surface area contributed by atoms with Crippen molar-refractivity contribution in [1.82, 2.24) is 35.1 Å². The highest BCUT2D eigenvalue weighted by Crippen LogP contribution is 2.35. The molecule has 1 N–H and O–H groups in total. The van der Waals surface area contributed by atoms with Crippen molar-refractivity contribution in [3.8, 4) is 22.6 Å². The highest BCUT2D eigenvalue weighted by molar-refractivity contribution is 7.90. The van der Waals surface area contributed by atoms with Crippen LogP contribution < -0.4 is 14.8 Å². The van der Waals surface area contributed by atoms with Gasteiger partial charge < -0.3 is 19.7 Å². The molecule has 3 heterocycles. The number of anilines is 2. The number of nitrogens with one attached hydrogen (secondary N) is 1. The Morgan fingerprint density at radius 2 is 1.84 bits per heavy atom. The van der Waals surface area contributed by atoms with Crippen LogP contribution in [0.2, 0.25) is 5.02 Å². The normalized spacial score (nSPS) is 15.3. The number of halogens is 1. The molecule has 1 aliphatic rings. The molecule has 2 aromatic heterocycles. The van der Waals surface area contributed by atoms with Crippen LogP contribution in [0.3, 0.4) is 0 Å². The fourth-order valence-electron chi connectivity index (χ4n) is 5.07. The predicted octanol–water partition coefficient (Wildman–Crippen LogP) is 4.23. The molecule has 0 amide bonds. The highest BCUT2D eigenvalue weighted by atomic mass is 35.5. The van der Waals surface area contributed by atoms with E-state index in [0.29, 0.717) is 41.5 Å². The quantitative estimate of drug-likeness (QED) is 0.242. The first-order chi connectivity index (χ1) is 20.7. The van der Waals surface area contributed by atoms with E-state index in [4.69, 9.17) is 21.1 Å². The van der Waals surface area contributed by atoms with Crippen molar-refractivity contribution in [1.29, 1.82) is 0 Å². The predicted molar refractivity (Wildman–Crippen MR) is 165 cm³/mol. The number of piperidine rings is 1. The minimum absolute atomic E-state index is 0.202. The summed E-state index contributed by atoms with van der Waals surface area (Å²) in [5.41, 5.74) is 3.65. The molecule has 14 heteroatoms. The summed E-state index contributed by atoms with van der Waals surface area (Å²) in [5, 5.41) is 14.9. The Bertz CT molecular complexity index is 1610. The molecule has 228 valence electrons. The van der Waals surface area contributed by atoms with Crippen LogP contribution in [-0.4, -0.2) is 88.3 Å². The number of sulfone groups is 1. The number of rotatable bonds is 12. The smallest absolute Gasteiger partial charge is 0.227 e. The van der Waals surface area contributed by atoms with Crippen molar-refractivity contribution < 1.29 is 17.9 Å². The molecule has 4 aromatic rings. The molecule has 0 aliphatic carbocycles. The molecule has 1 atom stereocenters. The van der Waals surface area contributed by atoms with E-state index in [2.05, 4.69) is 47.8 Å². The van der Waals surface area contributed by atoms with E-state index in [1.807, 2.05) is 25.1 Å².